The Morgan fingerprint density at radius 1 is 1.61 bits per heavy atom. The van der Waals surface area contributed by atoms with Crippen LogP contribution in [0.3, 0.4) is 0 Å². The minimum Gasteiger partial charge on any atom is -0.393 e. The van der Waals surface area contributed by atoms with Crippen molar-refractivity contribution in [3.8, 4) is 0 Å². The lowest BCUT2D eigenvalue weighted by Gasteiger charge is -2.40. The summed E-state index contributed by atoms with van der Waals surface area (Å²) in [6.07, 6.45) is 1.82. The molecule has 2 atom stereocenters. The average molecular weight is 257 g/mol. The Hall–Kier alpha value is -1.25. The molecule has 8 heteroatoms. The molecule has 18 heavy (non-hydrogen) atoms. The summed E-state index contributed by atoms with van der Waals surface area (Å²) in [4.78, 5) is 13.0. The van der Waals surface area contributed by atoms with Gasteiger partial charge in [0.25, 0.3) is 0 Å². The molecule has 0 saturated carbocycles. The van der Waals surface area contributed by atoms with E-state index in [4.69, 9.17) is 5.73 Å². The smallest absolute Gasteiger partial charge is 0.305 e. The molecule has 0 aliphatic carbocycles. The number of likely N-dealkylation sites (N-methyl/N-ethyl adjacent to an activating group) is 1. The van der Waals surface area contributed by atoms with Crippen LogP contribution in [-0.4, -0.2) is 70.6 Å². The molecule has 2 aliphatic heterocycles. The average Bonchev–Trinajstić information content (AvgIpc) is 2.69. The second kappa shape index (κ2) is 4.79. The van der Waals surface area contributed by atoms with Crippen molar-refractivity contribution in [2.45, 2.75) is 30.7 Å². The Bertz CT molecular complexity index is 355. The highest BCUT2D eigenvalue weighted by atomic mass is 16.6. The number of hydrogen-bond acceptors (Lipinski definition) is 7. The lowest BCUT2D eigenvalue weighted by atomic mass is 9.95. The number of hydrogen-bond donors (Lipinski definition) is 2. The second-order valence-electron chi connectivity index (χ2n) is 4.91. The van der Waals surface area contributed by atoms with Crippen LogP contribution in [0.25, 0.3) is 0 Å². The number of aliphatic hydroxyl groups excluding tert-OH is 1. The number of piperidine rings is 1. The summed E-state index contributed by atoms with van der Waals surface area (Å²) < 4.78 is 0. The molecule has 102 valence electrons. The van der Waals surface area contributed by atoms with Gasteiger partial charge in [-0.1, -0.05) is 0 Å². The van der Waals surface area contributed by atoms with Crippen LogP contribution < -0.4 is 5.73 Å². The summed E-state index contributed by atoms with van der Waals surface area (Å²) in [5, 5.41) is 26.5. The van der Waals surface area contributed by atoms with E-state index in [1.54, 1.807) is 12.1 Å². The van der Waals surface area contributed by atoms with Gasteiger partial charge < -0.3 is 10.8 Å². The maximum Gasteiger partial charge on any atom is 0.305 e. The zero-order valence-corrected chi connectivity index (χ0v) is 10.4. The fourth-order valence-electron chi connectivity index (χ4n) is 2.70. The zero-order chi connectivity index (χ0) is 13.3. The third-order valence-corrected chi connectivity index (χ3v) is 3.78. The van der Waals surface area contributed by atoms with Crippen LogP contribution in [0.1, 0.15) is 12.8 Å². The van der Waals surface area contributed by atoms with Crippen molar-refractivity contribution in [3.63, 3.8) is 0 Å². The van der Waals surface area contributed by atoms with Crippen LogP contribution >= 0.6 is 0 Å². The minimum atomic E-state index is -1.35. The van der Waals surface area contributed by atoms with E-state index >= 15 is 0 Å². The molecule has 0 aromatic rings. The summed E-state index contributed by atoms with van der Waals surface area (Å²) in [5.41, 5.74) is 4.27. The van der Waals surface area contributed by atoms with Crippen molar-refractivity contribution in [3.05, 3.63) is 10.1 Å². The Morgan fingerprint density at radius 3 is 2.72 bits per heavy atom. The van der Waals surface area contributed by atoms with Crippen molar-refractivity contribution in [1.82, 2.24) is 9.91 Å². The quantitative estimate of drug-likeness (QED) is 0.479. The summed E-state index contributed by atoms with van der Waals surface area (Å²) >= 11 is 0. The van der Waals surface area contributed by atoms with Crippen LogP contribution in [-0.2, 0) is 0 Å². The number of aliphatic hydroxyl groups is 1. The number of nitrogens with zero attached hydrogens (tertiary/aromatic N) is 4. The van der Waals surface area contributed by atoms with Crippen molar-refractivity contribution in [2.75, 3.05) is 26.7 Å². The van der Waals surface area contributed by atoms with E-state index < -0.39 is 11.7 Å². The van der Waals surface area contributed by atoms with Crippen LogP contribution in [0.15, 0.2) is 5.10 Å². The van der Waals surface area contributed by atoms with Gasteiger partial charge in [0.15, 0.2) is 6.17 Å². The molecular formula is C10H19N5O3. The first-order valence-corrected chi connectivity index (χ1v) is 6.06. The maximum absolute atomic E-state index is 11.3. The lowest BCUT2D eigenvalue weighted by molar-refractivity contribution is -0.554. The van der Waals surface area contributed by atoms with Gasteiger partial charge in [-0.2, -0.15) is 5.10 Å². The van der Waals surface area contributed by atoms with Gasteiger partial charge in [0.2, 0.25) is 0 Å². The molecule has 0 bridgehead atoms. The number of likely N-dealkylation sites (tertiary alicyclic amines) is 1. The van der Waals surface area contributed by atoms with Gasteiger partial charge in [-0.05, 0) is 12.8 Å². The SMILES string of the molecule is CN1N=CC(CN)([N+](=O)[O-])C1N1CCC(O)CC1. The molecule has 0 amide bonds. The topological polar surface area (TPSA) is 108 Å². The fourth-order valence-corrected chi connectivity index (χ4v) is 2.70. The first-order chi connectivity index (χ1) is 8.51. The van der Waals surface area contributed by atoms with Gasteiger partial charge >= 0.3 is 5.54 Å². The second-order valence-corrected chi connectivity index (χ2v) is 4.91. The predicted octanol–water partition coefficient (Wildman–Crippen LogP) is -1.33. The Morgan fingerprint density at radius 2 is 2.22 bits per heavy atom. The van der Waals surface area contributed by atoms with Gasteiger partial charge in [-0.3, -0.25) is 20.0 Å². The standard InChI is InChI=1S/C10H19N5O3/c1-13-9(14-4-2-8(16)3-5-14)10(6-11,7-12-13)15(17)18/h7-9,16H,2-6,11H2,1H3. The Kier molecular flexibility index (Phi) is 3.51. The highest BCUT2D eigenvalue weighted by Crippen LogP contribution is 2.28. The van der Waals surface area contributed by atoms with E-state index in [1.807, 2.05) is 4.90 Å². The van der Waals surface area contributed by atoms with Gasteiger partial charge in [-0.25, -0.2) is 0 Å². The number of rotatable bonds is 3. The summed E-state index contributed by atoms with van der Waals surface area (Å²) in [5.74, 6) is 0. The van der Waals surface area contributed by atoms with Crippen LogP contribution in [0.5, 0.6) is 0 Å². The normalized spacial score (nSPS) is 34.2. The minimum absolute atomic E-state index is 0.0858. The molecule has 8 nitrogen and oxygen atoms in total. The molecule has 2 aliphatic rings. The summed E-state index contributed by atoms with van der Waals surface area (Å²) in [6, 6.07) is 0. The van der Waals surface area contributed by atoms with Gasteiger partial charge in [0.05, 0.1) is 12.6 Å². The molecule has 3 N–H and O–H groups in total. The highest BCUT2D eigenvalue weighted by Gasteiger charge is 2.56. The third-order valence-electron chi connectivity index (χ3n) is 3.78. The van der Waals surface area contributed by atoms with Crippen LogP contribution in [0.4, 0.5) is 0 Å². The van der Waals surface area contributed by atoms with Gasteiger partial charge in [0, 0.05) is 25.1 Å². The van der Waals surface area contributed by atoms with E-state index in [1.165, 1.54) is 6.21 Å². The van der Waals surface area contributed by atoms with Gasteiger partial charge in [0.1, 0.15) is 6.21 Å². The monoisotopic (exact) mass is 257 g/mol. The molecule has 1 fully saturated rings. The maximum atomic E-state index is 11.3. The van der Waals surface area contributed by atoms with Crippen LogP contribution in [0.2, 0.25) is 0 Å². The van der Waals surface area contributed by atoms with Crippen molar-refractivity contribution in [2.24, 2.45) is 10.8 Å². The molecule has 0 aromatic heterocycles. The van der Waals surface area contributed by atoms with Crippen molar-refractivity contribution >= 4 is 6.21 Å². The molecule has 0 radical (unpaired) electrons. The van der Waals surface area contributed by atoms with E-state index in [9.17, 15) is 15.2 Å². The van der Waals surface area contributed by atoms with Crippen molar-refractivity contribution < 1.29 is 10.0 Å². The third kappa shape index (κ3) is 1.96. The predicted molar refractivity (Wildman–Crippen MR) is 65.6 cm³/mol. The Balaban J connectivity index is 2.21. The molecule has 1 saturated heterocycles. The fraction of sp³-hybridized carbons (Fsp3) is 0.900. The molecule has 2 unspecified atom stereocenters. The van der Waals surface area contributed by atoms with E-state index in [0.717, 1.165) is 0 Å². The van der Waals surface area contributed by atoms with Crippen LogP contribution in [0, 0.1) is 10.1 Å². The van der Waals surface area contributed by atoms with Gasteiger partial charge in [-0.15, -0.1) is 0 Å². The van der Waals surface area contributed by atoms with E-state index in [2.05, 4.69) is 5.10 Å². The number of nitrogens with two attached hydrogens (primary N) is 1. The molecule has 0 aromatic carbocycles. The molecule has 2 rings (SSSR count). The molecule has 0 spiro atoms. The molecular weight excluding hydrogens is 238 g/mol. The highest BCUT2D eigenvalue weighted by molar-refractivity contribution is 5.71. The van der Waals surface area contributed by atoms with E-state index in [-0.39, 0.29) is 17.6 Å². The number of hydrazone groups is 1. The zero-order valence-electron chi connectivity index (χ0n) is 10.4. The summed E-state index contributed by atoms with van der Waals surface area (Å²) in [7, 11) is 1.72. The molecule has 2 heterocycles. The Labute approximate surface area is 105 Å². The first-order valence-electron chi connectivity index (χ1n) is 6.06. The lowest BCUT2D eigenvalue weighted by Crippen LogP contribution is -2.64. The van der Waals surface area contributed by atoms with E-state index in [0.29, 0.717) is 25.9 Å². The van der Waals surface area contributed by atoms with Crippen molar-refractivity contribution in [1.29, 1.82) is 0 Å². The summed E-state index contributed by atoms with van der Waals surface area (Å²) in [6.45, 7) is 1.15. The first kappa shape index (κ1) is 13.2. The number of nitro groups is 1. The largest absolute Gasteiger partial charge is 0.393 e.